The number of benzene rings is 6. The van der Waals surface area contributed by atoms with E-state index in [1.54, 1.807) is 48.5 Å². The highest BCUT2D eigenvalue weighted by molar-refractivity contribution is 5.84. The Morgan fingerprint density at radius 2 is 0.615 bits per heavy atom. The normalized spacial score (nSPS) is 15.0. The number of hydrogen-bond acceptors (Lipinski definition) is 8. The topological polar surface area (TPSA) is 89.5 Å². The standard InChI is InChI=1S/C79H82F4O8/c1-86-72-43-33-58(51-68(72)80)27-25-56-29-37-62(39-31-60-35-45-74(88-3)70(82)53-60)64(49-56)23-19-15-11-7-5-9-13-17-21-47-90-78(84)76-66-41-42-67(55-66)77(76)79(85)91-48-22-18-14-10-6-8-12-16-20-24-65-50-57(26-28-59-34-44-73(87-2)69(81)52-59)30-38-63(65)40-32-61-36-46-75(89-4)71(83)54-61/h29-30,33-38,41-46,49-54,66-67,76-77H,5-24,47-48,55H2,1-4H3/t66?,67?,76-,77-/m1/s1. The highest BCUT2D eigenvalue weighted by atomic mass is 19.1. The van der Waals surface area contributed by atoms with Crippen molar-refractivity contribution in [2.24, 2.45) is 23.7 Å². The summed E-state index contributed by atoms with van der Waals surface area (Å²) in [4.78, 5) is 26.9. The van der Waals surface area contributed by atoms with Gasteiger partial charge in [0, 0.05) is 44.5 Å². The number of esters is 2. The van der Waals surface area contributed by atoms with Gasteiger partial charge < -0.3 is 28.4 Å². The highest BCUT2D eigenvalue weighted by Gasteiger charge is 2.53. The Bertz CT molecular complexity index is 3490. The number of rotatable bonds is 30. The van der Waals surface area contributed by atoms with Gasteiger partial charge >= 0.3 is 11.9 Å². The Morgan fingerprint density at radius 1 is 0.352 bits per heavy atom. The zero-order chi connectivity index (χ0) is 64.2. The van der Waals surface area contributed by atoms with E-state index in [1.807, 2.05) is 36.4 Å². The predicted molar refractivity (Wildman–Crippen MR) is 349 cm³/mol. The summed E-state index contributed by atoms with van der Waals surface area (Å²) in [7, 11) is 5.71. The van der Waals surface area contributed by atoms with Crippen molar-refractivity contribution in [1.82, 2.24) is 0 Å². The first-order valence-electron chi connectivity index (χ1n) is 32.1. The molecule has 91 heavy (non-hydrogen) atoms. The molecular weight excluding hydrogens is 1150 g/mol. The lowest BCUT2D eigenvalue weighted by molar-refractivity contribution is -0.161. The molecule has 2 unspecified atom stereocenters. The zero-order valence-corrected chi connectivity index (χ0v) is 52.9. The summed E-state index contributed by atoms with van der Waals surface area (Å²) in [5, 5.41) is 0. The third-order valence-corrected chi connectivity index (χ3v) is 16.9. The Labute approximate surface area is 535 Å². The van der Waals surface area contributed by atoms with E-state index in [2.05, 4.69) is 59.5 Å². The van der Waals surface area contributed by atoms with E-state index >= 15 is 0 Å². The van der Waals surface area contributed by atoms with Crippen LogP contribution in [0.25, 0.3) is 0 Å². The van der Waals surface area contributed by atoms with Crippen LogP contribution in [0.3, 0.4) is 0 Å². The van der Waals surface area contributed by atoms with E-state index in [-0.39, 0.29) is 46.8 Å². The Balaban J connectivity index is 0.677. The van der Waals surface area contributed by atoms with Crippen molar-refractivity contribution in [3.63, 3.8) is 0 Å². The number of hydrogen-bond donors (Lipinski definition) is 0. The van der Waals surface area contributed by atoms with Crippen LogP contribution in [0.2, 0.25) is 0 Å². The minimum atomic E-state index is -0.487. The molecule has 1 saturated carbocycles. The monoisotopic (exact) mass is 1230 g/mol. The summed E-state index contributed by atoms with van der Waals surface area (Å²) in [6.45, 7) is 0.705. The van der Waals surface area contributed by atoms with Gasteiger partial charge in [0.1, 0.15) is 0 Å². The molecule has 8 rings (SSSR count). The van der Waals surface area contributed by atoms with Crippen LogP contribution in [0.1, 0.15) is 178 Å². The Morgan fingerprint density at radius 3 is 0.912 bits per heavy atom. The molecule has 0 spiro atoms. The molecule has 2 aliphatic rings. The zero-order valence-electron chi connectivity index (χ0n) is 52.9. The van der Waals surface area contributed by atoms with E-state index in [0.29, 0.717) is 35.5 Å². The quantitative estimate of drug-likeness (QED) is 0.0145. The lowest BCUT2D eigenvalue weighted by Gasteiger charge is -2.25. The van der Waals surface area contributed by atoms with E-state index in [0.717, 1.165) is 168 Å². The number of allylic oxidation sites excluding steroid dienone is 2. The summed E-state index contributed by atoms with van der Waals surface area (Å²) in [6, 6.07) is 30.4. The van der Waals surface area contributed by atoms with Gasteiger partial charge in [0.25, 0.3) is 0 Å². The van der Waals surface area contributed by atoms with Gasteiger partial charge in [-0.3, -0.25) is 9.59 Å². The van der Waals surface area contributed by atoms with Crippen LogP contribution in [0, 0.1) is 94.3 Å². The maximum Gasteiger partial charge on any atom is 0.310 e. The van der Waals surface area contributed by atoms with Gasteiger partial charge in [-0.15, -0.1) is 0 Å². The molecule has 12 heteroatoms. The van der Waals surface area contributed by atoms with Crippen LogP contribution < -0.4 is 18.9 Å². The molecular formula is C79H82F4O8. The molecule has 0 aliphatic heterocycles. The van der Waals surface area contributed by atoms with E-state index in [9.17, 15) is 27.2 Å². The Kier molecular flexibility index (Phi) is 27.0. The van der Waals surface area contributed by atoms with Crippen molar-refractivity contribution in [1.29, 1.82) is 0 Å². The molecule has 8 nitrogen and oxygen atoms in total. The second-order valence-electron chi connectivity index (χ2n) is 23.3. The van der Waals surface area contributed by atoms with Crippen molar-refractivity contribution >= 4 is 11.9 Å². The van der Waals surface area contributed by atoms with Crippen molar-refractivity contribution < 1.29 is 55.6 Å². The molecule has 4 atom stereocenters. The maximum atomic E-state index is 14.4. The molecule has 6 aromatic carbocycles. The number of aryl methyl sites for hydroxylation is 2. The molecule has 0 amide bonds. The molecule has 474 valence electrons. The van der Waals surface area contributed by atoms with Gasteiger partial charge in [-0.2, -0.15) is 0 Å². The van der Waals surface area contributed by atoms with Crippen molar-refractivity contribution in [2.75, 3.05) is 41.7 Å². The van der Waals surface area contributed by atoms with Crippen LogP contribution in [0.5, 0.6) is 23.0 Å². The average Bonchev–Trinajstić information content (AvgIpc) is 1.63. The third-order valence-electron chi connectivity index (χ3n) is 16.9. The van der Waals surface area contributed by atoms with Gasteiger partial charge in [-0.05, 0) is 177 Å². The second kappa shape index (κ2) is 36.1. The summed E-state index contributed by atoms with van der Waals surface area (Å²) >= 11 is 0. The minimum Gasteiger partial charge on any atom is -0.494 e. The fourth-order valence-electron chi connectivity index (χ4n) is 11.9. The summed E-state index contributed by atoms with van der Waals surface area (Å²) in [5.74, 6) is 22.4. The van der Waals surface area contributed by atoms with E-state index in [1.165, 1.54) is 52.7 Å². The molecule has 1 fully saturated rings. The van der Waals surface area contributed by atoms with Crippen molar-refractivity contribution in [3.8, 4) is 70.4 Å². The van der Waals surface area contributed by atoms with Crippen molar-refractivity contribution in [2.45, 2.75) is 135 Å². The van der Waals surface area contributed by atoms with Gasteiger partial charge in [0.05, 0.1) is 53.5 Å². The summed E-state index contributed by atoms with van der Waals surface area (Å²) < 4.78 is 89.3. The van der Waals surface area contributed by atoms with Crippen LogP contribution in [-0.4, -0.2) is 53.6 Å². The molecule has 2 bridgehead atoms. The second-order valence-corrected chi connectivity index (χ2v) is 23.3. The summed E-state index contributed by atoms with van der Waals surface area (Å²) in [5.41, 5.74) is 7.58. The number of carbonyl (C=O) groups excluding carboxylic acids is 2. The van der Waals surface area contributed by atoms with Crippen LogP contribution in [0.4, 0.5) is 17.6 Å². The molecule has 0 aromatic heterocycles. The van der Waals surface area contributed by atoms with E-state index in [4.69, 9.17) is 28.4 Å². The predicted octanol–water partition coefficient (Wildman–Crippen LogP) is 17.2. The molecule has 0 radical (unpaired) electrons. The largest absolute Gasteiger partial charge is 0.494 e. The third kappa shape index (κ3) is 20.9. The maximum absolute atomic E-state index is 14.4. The highest BCUT2D eigenvalue weighted by Crippen LogP contribution is 2.49. The fraction of sp³-hybridized carbons (Fsp3) is 0.392. The average molecular weight is 1240 g/mol. The molecule has 2 aliphatic carbocycles. The number of carbonyl (C=O) groups is 2. The summed E-state index contributed by atoms with van der Waals surface area (Å²) in [6.07, 6.45) is 25.2. The molecule has 0 N–H and O–H groups in total. The number of halogens is 4. The van der Waals surface area contributed by atoms with Crippen LogP contribution in [-0.2, 0) is 31.9 Å². The first kappa shape index (κ1) is 68.1. The fourth-order valence-corrected chi connectivity index (χ4v) is 11.9. The SMILES string of the molecule is COc1ccc(C#Cc2ccc(C#Cc3ccc(OC)c(F)c3)c(CCCCCCCCCCCOC(=O)[C@@H]3C4C=CC(C4)[C@H]3C(=O)OCCCCCCCCCCCc3cc(C#Cc4ccc(OC)c(F)c4)ccc3C#Cc3ccc(OC)c(F)c3)c2)cc1F. The van der Waals surface area contributed by atoms with Gasteiger partial charge in [-0.1, -0.05) is 149 Å². The van der Waals surface area contributed by atoms with Crippen LogP contribution in [0.15, 0.2) is 121 Å². The molecule has 0 heterocycles. The number of ether oxygens (including phenoxy) is 6. The first-order valence-corrected chi connectivity index (χ1v) is 32.1. The lowest BCUT2D eigenvalue weighted by atomic mass is 9.83. The van der Waals surface area contributed by atoms with Gasteiger partial charge in [0.15, 0.2) is 46.3 Å². The van der Waals surface area contributed by atoms with Crippen molar-refractivity contribution in [3.05, 3.63) is 200 Å². The van der Waals surface area contributed by atoms with Gasteiger partial charge in [-0.25, -0.2) is 17.6 Å². The molecule has 6 aromatic rings. The number of unbranched alkanes of at least 4 members (excludes halogenated alkanes) is 16. The van der Waals surface area contributed by atoms with E-state index < -0.39 is 35.1 Å². The van der Waals surface area contributed by atoms with Crippen LogP contribution >= 0.6 is 0 Å². The smallest absolute Gasteiger partial charge is 0.310 e. The minimum absolute atomic E-state index is 0.0126. The van der Waals surface area contributed by atoms with Gasteiger partial charge in [0.2, 0.25) is 0 Å². The number of fused-ring (bicyclic) bond motifs is 2. The molecule has 0 saturated heterocycles. The Hall–Kier alpha value is -8.84. The number of methoxy groups -OCH3 is 4. The first-order chi connectivity index (χ1) is 44.4. The lowest BCUT2D eigenvalue weighted by Crippen LogP contribution is -2.35.